The average molecular weight is 515 g/mol. The zero-order valence-electron chi connectivity index (χ0n) is 22.4. The first-order chi connectivity index (χ1) is 17.6. The van der Waals surface area contributed by atoms with Crippen molar-refractivity contribution in [3.8, 4) is 22.5 Å². The van der Waals surface area contributed by atoms with E-state index in [1.807, 2.05) is 43.5 Å². The number of ether oxygens (including phenoxy) is 1. The third kappa shape index (κ3) is 4.73. The fraction of sp³-hybridized carbons (Fsp3) is 0.367. The molecule has 1 aliphatic carbocycles. The Kier molecular flexibility index (Phi) is 6.52. The van der Waals surface area contributed by atoms with E-state index in [1.165, 1.54) is 0 Å². The van der Waals surface area contributed by atoms with Crippen LogP contribution >= 0.6 is 11.8 Å². The van der Waals surface area contributed by atoms with Gasteiger partial charge in [-0.2, -0.15) is 5.10 Å². The van der Waals surface area contributed by atoms with Gasteiger partial charge < -0.3 is 10.1 Å². The molecule has 4 aromatic rings. The number of imidazole rings is 1. The first kappa shape index (κ1) is 25.3. The van der Waals surface area contributed by atoms with Gasteiger partial charge in [0.25, 0.3) is 0 Å². The van der Waals surface area contributed by atoms with Gasteiger partial charge in [0.1, 0.15) is 16.3 Å². The molecule has 37 heavy (non-hydrogen) atoms. The predicted molar refractivity (Wildman–Crippen MR) is 150 cm³/mol. The molecule has 0 radical (unpaired) electrons. The van der Waals surface area contributed by atoms with Crippen LogP contribution in [-0.2, 0) is 10.3 Å². The van der Waals surface area contributed by atoms with E-state index in [4.69, 9.17) is 14.8 Å². The molecule has 1 saturated carbocycles. The fourth-order valence-corrected chi connectivity index (χ4v) is 5.58. The molecule has 0 saturated heterocycles. The lowest BCUT2D eigenvalue weighted by Crippen LogP contribution is -2.52. The SMILES string of the molecule is CSc1nn2c(-c3ccccc3)c(-c3ccc(C4(NC(=O)OC(C)(C)C)CCC4)cc3)nc2c(C)c1C. The summed E-state index contributed by atoms with van der Waals surface area (Å²) in [7, 11) is 0. The summed E-state index contributed by atoms with van der Waals surface area (Å²) >= 11 is 1.65. The number of carbonyl (C=O) groups excluding carboxylic acids is 1. The van der Waals surface area contributed by atoms with Crippen molar-refractivity contribution in [3.63, 3.8) is 0 Å². The Hall–Kier alpha value is -3.32. The lowest BCUT2D eigenvalue weighted by atomic mass is 9.71. The number of hydrogen-bond donors (Lipinski definition) is 1. The number of rotatable bonds is 5. The lowest BCUT2D eigenvalue weighted by molar-refractivity contribution is 0.0377. The molecule has 2 heterocycles. The Labute approximate surface area is 222 Å². The van der Waals surface area contributed by atoms with Crippen molar-refractivity contribution in [2.45, 2.75) is 70.0 Å². The average Bonchev–Trinajstić information content (AvgIpc) is 3.23. The van der Waals surface area contributed by atoms with Crippen LogP contribution in [0.2, 0.25) is 0 Å². The van der Waals surface area contributed by atoms with Crippen LogP contribution in [0.5, 0.6) is 0 Å². The zero-order chi connectivity index (χ0) is 26.4. The second-order valence-electron chi connectivity index (χ2n) is 10.8. The molecule has 1 aliphatic rings. The number of benzene rings is 2. The molecule has 1 fully saturated rings. The smallest absolute Gasteiger partial charge is 0.408 e. The van der Waals surface area contributed by atoms with Gasteiger partial charge >= 0.3 is 6.09 Å². The third-order valence-electron chi connectivity index (χ3n) is 7.16. The highest BCUT2D eigenvalue weighted by Crippen LogP contribution is 2.43. The second-order valence-corrected chi connectivity index (χ2v) is 11.6. The molecule has 0 aliphatic heterocycles. The molecule has 6 nitrogen and oxygen atoms in total. The van der Waals surface area contributed by atoms with Gasteiger partial charge in [-0.05, 0) is 76.8 Å². The van der Waals surface area contributed by atoms with Gasteiger partial charge in [-0.25, -0.2) is 14.3 Å². The topological polar surface area (TPSA) is 68.5 Å². The molecule has 2 aromatic carbocycles. The van der Waals surface area contributed by atoms with Gasteiger partial charge in [0, 0.05) is 11.1 Å². The number of hydrogen-bond acceptors (Lipinski definition) is 5. The Balaban J connectivity index is 1.58. The summed E-state index contributed by atoms with van der Waals surface area (Å²) in [6.07, 6.45) is 4.56. The Morgan fingerprint density at radius 2 is 1.68 bits per heavy atom. The van der Waals surface area contributed by atoms with Crippen molar-refractivity contribution in [2.75, 3.05) is 6.26 Å². The van der Waals surface area contributed by atoms with Crippen LogP contribution in [0.4, 0.5) is 4.79 Å². The molecule has 0 unspecified atom stereocenters. The third-order valence-corrected chi connectivity index (χ3v) is 7.94. The van der Waals surface area contributed by atoms with Gasteiger partial charge in [-0.15, -0.1) is 11.8 Å². The maximum Gasteiger partial charge on any atom is 0.408 e. The highest BCUT2D eigenvalue weighted by atomic mass is 32.2. The van der Waals surface area contributed by atoms with E-state index in [2.05, 4.69) is 61.8 Å². The number of carbonyl (C=O) groups is 1. The maximum absolute atomic E-state index is 12.6. The molecule has 0 atom stereocenters. The zero-order valence-corrected chi connectivity index (χ0v) is 23.2. The van der Waals surface area contributed by atoms with E-state index in [9.17, 15) is 4.79 Å². The number of amides is 1. The van der Waals surface area contributed by atoms with Crippen LogP contribution in [0.15, 0.2) is 59.6 Å². The van der Waals surface area contributed by atoms with E-state index in [0.717, 1.165) is 69.1 Å². The normalized spacial score (nSPS) is 14.9. The number of aromatic nitrogens is 3. The highest BCUT2D eigenvalue weighted by molar-refractivity contribution is 7.98. The molecular weight excluding hydrogens is 480 g/mol. The number of nitrogens with one attached hydrogen (secondary N) is 1. The van der Waals surface area contributed by atoms with Crippen LogP contribution in [-0.4, -0.2) is 32.5 Å². The number of aryl methyl sites for hydroxylation is 1. The van der Waals surface area contributed by atoms with Crippen LogP contribution in [0.25, 0.3) is 28.2 Å². The quantitative estimate of drug-likeness (QED) is 0.283. The van der Waals surface area contributed by atoms with E-state index in [0.29, 0.717) is 0 Å². The Morgan fingerprint density at radius 1 is 1.00 bits per heavy atom. The molecule has 0 spiro atoms. The van der Waals surface area contributed by atoms with Crippen LogP contribution in [0, 0.1) is 13.8 Å². The minimum Gasteiger partial charge on any atom is -0.444 e. The molecule has 192 valence electrons. The van der Waals surface area contributed by atoms with Crippen molar-refractivity contribution in [2.24, 2.45) is 0 Å². The van der Waals surface area contributed by atoms with Crippen molar-refractivity contribution >= 4 is 23.5 Å². The highest BCUT2D eigenvalue weighted by Gasteiger charge is 2.41. The summed E-state index contributed by atoms with van der Waals surface area (Å²) < 4.78 is 7.54. The van der Waals surface area contributed by atoms with Crippen LogP contribution in [0.3, 0.4) is 0 Å². The first-order valence-electron chi connectivity index (χ1n) is 12.7. The molecule has 0 bridgehead atoms. The molecule has 5 rings (SSSR count). The summed E-state index contributed by atoms with van der Waals surface area (Å²) in [4.78, 5) is 17.7. The van der Waals surface area contributed by atoms with E-state index in [-0.39, 0.29) is 11.6 Å². The van der Waals surface area contributed by atoms with Crippen molar-refractivity contribution < 1.29 is 9.53 Å². The van der Waals surface area contributed by atoms with Gasteiger partial charge in [0.2, 0.25) is 0 Å². The summed E-state index contributed by atoms with van der Waals surface area (Å²) in [5, 5.41) is 9.13. The van der Waals surface area contributed by atoms with E-state index < -0.39 is 5.60 Å². The number of alkyl carbamates (subject to hydrolysis) is 1. The van der Waals surface area contributed by atoms with Crippen LogP contribution < -0.4 is 5.32 Å². The molecule has 7 heteroatoms. The van der Waals surface area contributed by atoms with Gasteiger partial charge in [-0.3, -0.25) is 0 Å². The van der Waals surface area contributed by atoms with Crippen molar-refractivity contribution in [3.05, 3.63) is 71.3 Å². The minimum absolute atomic E-state index is 0.371. The minimum atomic E-state index is -0.531. The monoisotopic (exact) mass is 514 g/mol. The van der Waals surface area contributed by atoms with Crippen molar-refractivity contribution in [1.29, 1.82) is 0 Å². The standard InChI is InChI=1S/C30H34N4O2S/c1-19-20(2)27(37-6)33-34-25(22-11-8-7-9-12-22)24(31-26(19)34)21-13-15-23(16-14-21)30(17-10-18-30)32-28(35)36-29(3,4)5/h7-9,11-16H,10,17-18H2,1-6H3,(H,32,35). The largest absolute Gasteiger partial charge is 0.444 e. The number of thioether (sulfide) groups is 1. The van der Waals surface area contributed by atoms with Gasteiger partial charge in [0.05, 0.1) is 11.2 Å². The first-order valence-corrected chi connectivity index (χ1v) is 14.0. The maximum atomic E-state index is 12.6. The van der Waals surface area contributed by atoms with Gasteiger partial charge in [-0.1, -0.05) is 54.6 Å². The predicted octanol–water partition coefficient (Wildman–Crippen LogP) is 7.31. The molecular formula is C30H34N4O2S. The summed E-state index contributed by atoms with van der Waals surface area (Å²) in [5.41, 5.74) is 7.30. The summed E-state index contributed by atoms with van der Waals surface area (Å²) in [6.45, 7) is 9.87. The second kappa shape index (κ2) is 9.53. The lowest BCUT2D eigenvalue weighted by Gasteiger charge is -2.43. The summed E-state index contributed by atoms with van der Waals surface area (Å²) in [6, 6.07) is 18.8. The Bertz CT molecular complexity index is 1450. The number of nitrogens with zero attached hydrogens (tertiary/aromatic N) is 3. The molecule has 2 aromatic heterocycles. The van der Waals surface area contributed by atoms with E-state index in [1.54, 1.807) is 11.8 Å². The van der Waals surface area contributed by atoms with Crippen LogP contribution in [0.1, 0.15) is 56.7 Å². The van der Waals surface area contributed by atoms with E-state index >= 15 is 0 Å². The molecule has 1 amide bonds. The van der Waals surface area contributed by atoms with Crippen molar-refractivity contribution in [1.82, 2.24) is 19.9 Å². The van der Waals surface area contributed by atoms with Gasteiger partial charge in [0.15, 0.2) is 5.65 Å². The fourth-order valence-electron chi connectivity index (χ4n) is 4.96. The molecule has 1 N–H and O–H groups in total. The Morgan fingerprint density at radius 3 is 2.24 bits per heavy atom. The summed E-state index contributed by atoms with van der Waals surface area (Å²) in [5.74, 6) is 0. The number of fused-ring (bicyclic) bond motifs is 1.